The molecule has 1 rings (SSSR count). The number of allylic oxidation sites excluding steroid dienone is 3. The topological polar surface area (TPSA) is 46.5 Å². The zero-order chi connectivity index (χ0) is 13.2. The predicted molar refractivity (Wildman–Crippen MR) is 71.8 cm³/mol. The number of ether oxygens (including phenoxy) is 1. The highest BCUT2D eigenvalue weighted by atomic mass is 16.5. The summed E-state index contributed by atoms with van der Waals surface area (Å²) in [5.41, 5.74) is 1.01. The third-order valence-electron chi connectivity index (χ3n) is 2.34. The summed E-state index contributed by atoms with van der Waals surface area (Å²) < 4.78 is 5.50. The highest BCUT2D eigenvalue weighted by Gasteiger charge is 1.99. The quantitative estimate of drug-likeness (QED) is 0.751. The Balaban J connectivity index is 2.38. The Morgan fingerprint density at radius 2 is 2.00 bits per heavy atom. The number of carboxylic acids is 1. The number of rotatable bonds is 7. The molecule has 3 heteroatoms. The van der Waals surface area contributed by atoms with Crippen LogP contribution in [0.5, 0.6) is 5.75 Å². The van der Waals surface area contributed by atoms with Gasteiger partial charge in [-0.2, -0.15) is 0 Å². The van der Waals surface area contributed by atoms with E-state index in [0.717, 1.165) is 11.3 Å². The first-order chi connectivity index (χ1) is 8.72. The Labute approximate surface area is 107 Å². The Morgan fingerprint density at radius 1 is 1.28 bits per heavy atom. The summed E-state index contributed by atoms with van der Waals surface area (Å²) in [4.78, 5) is 10.4. The van der Waals surface area contributed by atoms with Crippen LogP contribution in [0.3, 0.4) is 0 Å². The molecule has 0 heterocycles. The van der Waals surface area contributed by atoms with Crippen molar-refractivity contribution >= 4 is 5.97 Å². The molecule has 18 heavy (non-hydrogen) atoms. The van der Waals surface area contributed by atoms with Crippen LogP contribution in [0.1, 0.15) is 18.9 Å². The summed E-state index contributed by atoms with van der Waals surface area (Å²) in [5.74, 6) is 0.0173. The minimum absolute atomic E-state index is 0.159. The van der Waals surface area contributed by atoms with Gasteiger partial charge < -0.3 is 9.84 Å². The van der Waals surface area contributed by atoms with E-state index >= 15 is 0 Å². The van der Waals surface area contributed by atoms with Crippen LogP contribution in [0.25, 0.3) is 0 Å². The Kier molecular flexibility index (Phi) is 6.33. The monoisotopic (exact) mass is 246 g/mol. The van der Waals surface area contributed by atoms with Gasteiger partial charge in [0.2, 0.25) is 0 Å². The molecule has 0 aliphatic carbocycles. The zero-order valence-electron chi connectivity index (χ0n) is 10.5. The van der Waals surface area contributed by atoms with Crippen LogP contribution in [0.4, 0.5) is 0 Å². The Hall–Kier alpha value is -2.03. The summed E-state index contributed by atoms with van der Waals surface area (Å²) in [6.45, 7) is 2.49. The molecule has 0 aliphatic rings. The lowest BCUT2D eigenvalue weighted by molar-refractivity contribution is -0.136. The van der Waals surface area contributed by atoms with Crippen molar-refractivity contribution < 1.29 is 14.6 Å². The van der Waals surface area contributed by atoms with Gasteiger partial charge in [0, 0.05) is 6.42 Å². The fourth-order valence-corrected chi connectivity index (χ4v) is 1.39. The maximum absolute atomic E-state index is 10.4. The predicted octanol–water partition coefficient (Wildman–Crippen LogP) is 3.21. The molecular weight excluding hydrogens is 228 g/mol. The first kappa shape index (κ1) is 14.0. The molecule has 1 N–H and O–H groups in total. The largest absolute Gasteiger partial charge is 0.490 e. The number of aliphatic carboxylic acids is 1. The molecule has 0 aliphatic heterocycles. The third-order valence-corrected chi connectivity index (χ3v) is 2.34. The lowest BCUT2D eigenvalue weighted by Crippen LogP contribution is -1.98. The maximum atomic E-state index is 10.4. The van der Waals surface area contributed by atoms with Gasteiger partial charge in [0.05, 0.1) is 0 Å². The lowest BCUT2D eigenvalue weighted by atomic mass is 10.1. The van der Waals surface area contributed by atoms with Gasteiger partial charge in [-0.25, -0.2) is 0 Å². The molecule has 0 fully saturated rings. The molecule has 0 bridgehead atoms. The van der Waals surface area contributed by atoms with Gasteiger partial charge in [0.25, 0.3) is 0 Å². The van der Waals surface area contributed by atoms with E-state index in [-0.39, 0.29) is 6.42 Å². The fourth-order valence-electron chi connectivity index (χ4n) is 1.39. The second-order valence-electron chi connectivity index (χ2n) is 3.80. The number of hydrogen-bond donors (Lipinski definition) is 1. The molecule has 96 valence electrons. The van der Waals surface area contributed by atoms with Crippen molar-refractivity contribution in [2.24, 2.45) is 0 Å². The van der Waals surface area contributed by atoms with Gasteiger partial charge in [-0.15, -0.1) is 0 Å². The molecular formula is C15H18O3. The van der Waals surface area contributed by atoms with E-state index in [9.17, 15) is 4.79 Å². The third kappa shape index (κ3) is 5.89. The van der Waals surface area contributed by atoms with Crippen molar-refractivity contribution in [2.75, 3.05) is 6.61 Å². The summed E-state index contributed by atoms with van der Waals surface area (Å²) in [6.07, 6.45) is 8.47. The number of carboxylic acid groups (broad SMARTS) is 1. The Bertz CT molecular complexity index is 416. The van der Waals surface area contributed by atoms with Crippen molar-refractivity contribution in [3.05, 3.63) is 54.1 Å². The van der Waals surface area contributed by atoms with E-state index in [4.69, 9.17) is 9.84 Å². The summed E-state index contributed by atoms with van der Waals surface area (Å²) in [5, 5.41) is 8.58. The van der Waals surface area contributed by atoms with Crippen molar-refractivity contribution in [2.45, 2.75) is 19.8 Å². The van der Waals surface area contributed by atoms with Crippen LogP contribution in [0.15, 0.2) is 48.6 Å². The second-order valence-corrected chi connectivity index (χ2v) is 3.80. The fraction of sp³-hybridized carbons (Fsp3) is 0.267. The van der Waals surface area contributed by atoms with E-state index in [1.165, 1.54) is 0 Å². The molecule has 0 aromatic heterocycles. The molecule has 0 unspecified atom stereocenters. The number of carbonyl (C=O) groups is 1. The van der Waals surface area contributed by atoms with Gasteiger partial charge in [-0.1, -0.05) is 30.4 Å². The van der Waals surface area contributed by atoms with Gasteiger partial charge in [0.1, 0.15) is 12.4 Å². The van der Waals surface area contributed by atoms with Gasteiger partial charge in [-0.3, -0.25) is 4.79 Å². The maximum Gasteiger partial charge on any atom is 0.303 e. The average molecular weight is 246 g/mol. The summed E-state index contributed by atoms with van der Waals surface area (Å²) >= 11 is 0. The van der Waals surface area contributed by atoms with Crippen molar-refractivity contribution in [1.82, 2.24) is 0 Å². The zero-order valence-corrected chi connectivity index (χ0v) is 10.5. The van der Waals surface area contributed by atoms with Crippen LogP contribution in [-0.2, 0) is 11.2 Å². The van der Waals surface area contributed by atoms with E-state index in [1.54, 1.807) is 0 Å². The molecule has 1 aromatic rings. The van der Waals surface area contributed by atoms with Crippen LogP contribution in [0, 0.1) is 0 Å². The van der Waals surface area contributed by atoms with Crippen molar-refractivity contribution in [1.29, 1.82) is 0 Å². The normalized spacial score (nSPS) is 11.2. The van der Waals surface area contributed by atoms with Crippen LogP contribution < -0.4 is 4.74 Å². The molecule has 0 saturated heterocycles. The summed E-state index contributed by atoms with van der Waals surface area (Å²) in [6, 6.07) is 7.52. The van der Waals surface area contributed by atoms with Crippen molar-refractivity contribution in [3.8, 4) is 5.75 Å². The van der Waals surface area contributed by atoms with Crippen LogP contribution in [0.2, 0.25) is 0 Å². The standard InChI is InChI=1S/C15H18O3/c1-2-3-4-5-12-18-14-9-6-13(7-10-14)8-11-15(16)17/h2-7,9-10H,8,11-12H2,1H3,(H,16,17)/b3-2+,5-4+. The number of benzene rings is 1. The molecule has 0 atom stereocenters. The molecule has 0 saturated carbocycles. The molecule has 1 aromatic carbocycles. The molecule has 3 nitrogen and oxygen atoms in total. The van der Waals surface area contributed by atoms with E-state index < -0.39 is 5.97 Å². The Morgan fingerprint density at radius 3 is 2.61 bits per heavy atom. The van der Waals surface area contributed by atoms with Gasteiger partial charge >= 0.3 is 5.97 Å². The number of aryl methyl sites for hydroxylation is 1. The molecule has 0 radical (unpaired) electrons. The summed E-state index contributed by atoms with van der Waals surface area (Å²) in [7, 11) is 0. The first-order valence-electron chi connectivity index (χ1n) is 5.93. The van der Waals surface area contributed by atoms with Crippen LogP contribution >= 0.6 is 0 Å². The second kappa shape index (κ2) is 8.12. The average Bonchev–Trinajstić information content (AvgIpc) is 2.37. The van der Waals surface area contributed by atoms with Crippen molar-refractivity contribution in [3.63, 3.8) is 0 Å². The van der Waals surface area contributed by atoms with Gasteiger partial charge in [0.15, 0.2) is 0 Å². The minimum Gasteiger partial charge on any atom is -0.490 e. The SMILES string of the molecule is C/C=C/C=C/COc1ccc(CCC(=O)O)cc1. The van der Waals surface area contributed by atoms with E-state index in [0.29, 0.717) is 13.0 Å². The lowest BCUT2D eigenvalue weighted by Gasteiger charge is -2.04. The smallest absolute Gasteiger partial charge is 0.303 e. The highest BCUT2D eigenvalue weighted by Crippen LogP contribution is 2.13. The van der Waals surface area contributed by atoms with E-state index in [1.807, 2.05) is 55.5 Å². The molecule has 0 amide bonds. The van der Waals surface area contributed by atoms with Gasteiger partial charge in [-0.05, 0) is 37.1 Å². The first-order valence-corrected chi connectivity index (χ1v) is 5.93. The van der Waals surface area contributed by atoms with E-state index in [2.05, 4.69) is 0 Å². The number of hydrogen-bond acceptors (Lipinski definition) is 2. The van der Waals surface area contributed by atoms with Crippen LogP contribution in [-0.4, -0.2) is 17.7 Å². The minimum atomic E-state index is -0.774. The molecule has 0 spiro atoms. The highest BCUT2D eigenvalue weighted by molar-refractivity contribution is 5.67.